The second kappa shape index (κ2) is 1.82. The number of hydrogen-bond donors (Lipinski definition) is 0. The molecule has 1 nitrogen and oxygen atoms in total. The zero-order valence-electron chi connectivity index (χ0n) is 4.17. The summed E-state index contributed by atoms with van der Waals surface area (Å²) < 4.78 is 2.01. The van der Waals surface area contributed by atoms with E-state index in [9.17, 15) is 0 Å². The van der Waals surface area contributed by atoms with Gasteiger partial charge in [-0.15, -0.1) is 0 Å². The zero-order valence-corrected chi connectivity index (χ0v) is 4.17. The van der Waals surface area contributed by atoms with Crippen molar-refractivity contribution >= 4 is 0 Å². The minimum absolute atomic E-state index is 0.826. The van der Waals surface area contributed by atoms with E-state index in [4.69, 9.17) is 0 Å². The summed E-state index contributed by atoms with van der Waals surface area (Å²) in [7, 11) is 0. The van der Waals surface area contributed by atoms with Crippen LogP contribution < -0.4 is 0 Å². The van der Waals surface area contributed by atoms with E-state index in [0.29, 0.717) is 0 Å². The number of nitrogens with zero attached hydrogens (tertiary/aromatic N) is 1. The lowest BCUT2D eigenvalue weighted by Gasteiger charge is -1.89. The van der Waals surface area contributed by atoms with Crippen molar-refractivity contribution in [3.05, 3.63) is 31.5 Å². The molecule has 0 fully saturated rings. The fourth-order valence-electron chi connectivity index (χ4n) is 0.519. The molecular weight excluding hydrogens is 86.1 g/mol. The van der Waals surface area contributed by atoms with Crippen LogP contribution >= 0.6 is 0 Å². The van der Waals surface area contributed by atoms with Crippen LogP contribution in [-0.2, 0) is 6.54 Å². The second-order valence-electron chi connectivity index (χ2n) is 1.42. The first-order valence-corrected chi connectivity index (χ1v) is 2.33. The summed E-state index contributed by atoms with van der Waals surface area (Å²) in [6.45, 7) is 4.52. The first kappa shape index (κ1) is 4.44. The van der Waals surface area contributed by atoms with Gasteiger partial charge in [0.05, 0.1) is 0 Å². The van der Waals surface area contributed by atoms with Crippen molar-refractivity contribution in [1.29, 1.82) is 0 Å². The van der Waals surface area contributed by atoms with E-state index in [1.54, 1.807) is 0 Å². The Morgan fingerprint density at radius 2 is 1.86 bits per heavy atom. The summed E-state index contributed by atoms with van der Waals surface area (Å²) in [5, 5.41) is 0. The van der Waals surface area contributed by atoms with Gasteiger partial charge in [0.15, 0.2) is 0 Å². The fourth-order valence-corrected chi connectivity index (χ4v) is 0.519. The van der Waals surface area contributed by atoms with Crippen molar-refractivity contribution in [2.24, 2.45) is 0 Å². The molecule has 0 bridgehead atoms. The predicted octanol–water partition coefficient (Wildman–Crippen LogP) is 1.32. The summed E-state index contributed by atoms with van der Waals surface area (Å²) in [6.07, 6.45) is 3.99. The topological polar surface area (TPSA) is 4.93 Å². The quantitative estimate of drug-likeness (QED) is 0.494. The smallest absolute Gasteiger partial charge is 0.0220 e. The average Bonchev–Trinajstić information content (AvgIpc) is 2.14. The highest BCUT2D eigenvalue weighted by atomic mass is 14.9. The molecule has 1 aromatic rings. The van der Waals surface area contributed by atoms with Gasteiger partial charge in [-0.3, -0.25) is 0 Å². The van der Waals surface area contributed by atoms with Crippen molar-refractivity contribution in [1.82, 2.24) is 4.57 Å². The summed E-state index contributed by atoms with van der Waals surface area (Å²) >= 11 is 0. The van der Waals surface area contributed by atoms with Crippen molar-refractivity contribution in [3.8, 4) is 0 Å². The van der Waals surface area contributed by atoms with Gasteiger partial charge in [-0.05, 0) is 19.1 Å². The van der Waals surface area contributed by atoms with Gasteiger partial charge in [-0.25, -0.2) is 0 Å². The monoisotopic (exact) mass is 94.1 g/mol. The molecule has 1 aromatic heterocycles. The van der Waals surface area contributed by atoms with Gasteiger partial charge in [0.1, 0.15) is 0 Å². The Labute approximate surface area is 43.6 Å². The molecule has 0 saturated heterocycles. The Morgan fingerprint density at radius 1 is 1.29 bits per heavy atom. The summed E-state index contributed by atoms with van der Waals surface area (Å²) in [5.41, 5.74) is 0. The van der Waals surface area contributed by atoms with Crippen LogP contribution in [0, 0.1) is 6.92 Å². The SMILES string of the molecule is [CH2]Cn1cccc1. The molecule has 1 rings (SSSR count). The van der Waals surface area contributed by atoms with E-state index in [0.717, 1.165) is 6.54 Å². The normalized spacial score (nSPS) is 9.29. The van der Waals surface area contributed by atoms with Gasteiger partial charge in [0, 0.05) is 18.9 Å². The summed E-state index contributed by atoms with van der Waals surface area (Å²) in [6, 6.07) is 3.98. The van der Waals surface area contributed by atoms with E-state index >= 15 is 0 Å². The van der Waals surface area contributed by atoms with Crippen LogP contribution in [0.3, 0.4) is 0 Å². The van der Waals surface area contributed by atoms with E-state index < -0.39 is 0 Å². The fraction of sp³-hybridized carbons (Fsp3) is 0.167. The van der Waals surface area contributed by atoms with Gasteiger partial charge in [0.25, 0.3) is 0 Å². The molecule has 1 heteroatoms. The maximum absolute atomic E-state index is 3.69. The molecule has 0 spiro atoms. The number of rotatable bonds is 1. The van der Waals surface area contributed by atoms with Gasteiger partial charge in [0.2, 0.25) is 0 Å². The average molecular weight is 94.1 g/mol. The first-order chi connectivity index (χ1) is 3.43. The summed E-state index contributed by atoms with van der Waals surface area (Å²) in [5.74, 6) is 0. The molecule has 0 aliphatic rings. The lowest BCUT2D eigenvalue weighted by atomic mass is 10.7. The third kappa shape index (κ3) is 0.829. The van der Waals surface area contributed by atoms with Crippen molar-refractivity contribution < 1.29 is 0 Å². The van der Waals surface area contributed by atoms with Crippen LogP contribution in [0.25, 0.3) is 0 Å². The lowest BCUT2D eigenvalue weighted by Crippen LogP contribution is -1.85. The second-order valence-corrected chi connectivity index (χ2v) is 1.42. The molecule has 0 N–H and O–H groups in total. The molecule has 1 heterocycles. The molecule has 0 aliphatic carbocycles. The highest BCUT2D eigenvalue weighted by molar-refractivity contribution is 4.90. The predicted molar refractivity (Wildman–Crippen MR) is 29.8 cm³/mol. The largest absolute Gasteiger partial charge is 0.354 e. The molecule has 0 saturated carbocycles. The van der Waals surface area contributed by atoms with Crippen LogP contribution in [0.15, 0.2) is 24.5 Å². The Bertz CT molecular complexity index is 119. The number of hydrogen-bond acceptors (Lipinski definition) is 0. The van der Waals surface area contributed by atoms with Crippen molar-refractivity contribution in [3.63, 3.8) is 0 Å². The van der Waals surface area contributed by atoms with Crippen LogP contribution in [0.1, 0.15) is 0 Å². The molecule has 7 heavy (non-hydrogen) atoms. The molecular formula is C6H8N. The highest BCUT2D eigenvalue weighted by Gasteiger charge is 1.75. The molecule has 0 atom stereocenters. The highest BCUT2D eigenvalue weighted by Crippen LogP contribution is 1.86. The van der Waals surface area contributed by atoms with Crippen LogP contribution in [0.4, 0.5) is 0 Å². The summed E-state index contributed by atoms with van der Waals surface area (Å²) in [4.78, 5) is 0. The molecule has 0 aromatic carbocycles. The molecule has 1 radical (unpaired) electrons. The van der Waals surface area contributed by atoms with E-state index in [2.05, 4.69) is 6.92 Å². The molecule has 0 aliphatic heterocycles. The molecule has 0 unspecified atom stereocenters. The molecule has 0 amide bonds. The standard InChI is InChI=1S/C6H8N/c1-2-7-5-3-4-6-7/h3-6H,1-2H2. The van der Waals surface area contributed by atoms with Crippen molar-refractivity contribution in [2.45, 2.75) is 6.54 Å². The number of aromatic nitrogens is 1. The Kier molecular flexibility index (Phi) is 1.16. The van der Waals surface area contributed by atoms with Gasteiger partial charge >= 0.3 is 0 Å². The third-order valence-electron chi connectivity index (χ3n) is 0.924. The third-order valence-corrected chi connectivity index (χ3v) is 0.924. The molecule has 37 valence electrons. The van der Waals surface area contributed by atoms with E-state index in [1.807, 2.05) is 29.1 Å². The zero-order chi connectivity index (χ0) is 5.11. The Hall–Kier alpha value is -0.720. The van der Waals surface area contributed by atoms with Crippen LogP contribution in [-0.4, -0.2) is 4.57 Å². The maximum Gasteiger partial charge on any atom is 0.0220 e. The lowest BCUT2D eigenvalue weighted by molar-refractivity contribution is 0.827. The van der Waals surface area contributed by atoms with Gasteiger partial charge < -0.3 is 4.57 Å². The van der Waals surface area contributed by atoms with E-state index in [-0.39, 0.29) is 0 Å². The Morgan fingerprint density at radius 3 is 2.14 bits per heavy atom. The minimum Gasteiger partial charge on any atom is -0.354 e. The van der Waals surface area contributed by atoms with Crippen LogP contribution in [0.2, 0.25) is 0 Å². The minimum atomic E-state index is 0.826. The van der Waals surface area contributed by atoms with Gasteiger partial charge in [-0.2, -0.15) is 0 Å². The van der Waals surface area contributed by atoms with Gasteiger partial charge in [-0.1, -0.05) is 0 Å². The van der Waals surface area contributed by atoms with Crippen LogP contribution in [0.5, 0.6) is 0 Å². The first-order valence-electron chi connectivity index (χ1n) is 2.33. The maximum atomic E-state index is 3.69. The van der Waals surface area contributed by atoms with E-state index in [1.165, 1.54) is 0 Å². The van der Waals surface area contributed by atoms with Crippen molar-refractivity contribution in [2.75, 3.05) is 0 Å². The Balaban J connectivity index is 2.76.